The van der Waals surface area contributed by atoms with E-state index in [9.17, 15) is 10.1 Å². The number of anilines is 1. The van der Waals surface area contributed by atoms with Crippen LogP contribution in [0, 0.1) is 17.2 Å². The Hall–Kier alpha value is -3.71. The number of rotatable bonds is 6. The van der Waals surface area contributed by atoms with Crippen molar-refractivity contribution in [2.45, 2.75) is 56.1 Å². The van der Waals surface area contributed by atoms with E-state index in [2.05, 4.69) is 44.0 Å². The highest BCUT2D eigenvalue weighted by atomic mass is 16.5. The quantitative estimate of drug-likeness (QED) is 0.544. The molecule has 2 N–H and O–H groups in total. The van der Waals surface area contributed by atoms with Gasteiger partial charge in [-0.3, -0.25) is 4.79 Å². The van der Waals surface area contributed by atoms with Crippen LogP contribution in [0.5, 0.6) is 5.75 Å². The van der Waals surface area contributed by atoms with E-state index in [0.717, 1.165) is 63.0 Å². The predicted octanol–water partition coefficient (Wildman–Crippen LogP) is 2.84. The number of nitriles is 1. The summed E-state index contributed by atoms with van der Waals surface area (Å²) in [5, 5.41) is 20.1. The van der Waals surface area contributed by atoms with Crippen LogP contribution < -0.4 is 15.4 Å². The zero-order valence-electron chi connectivity index (χ0n) is 20.2. The molecule has 10 nitrogen and oxygen atoms in total. The molecule has 2 saturated carbocycles. The lowest BCUT2D eigenvalue weighted by Gasteiger charge is -2.30. The molecule has 0 aromatic carbocycles. The molecular weight excluding hydrogens is 458 g/mol. The minimum absolute atomic E-state index is 0.0452. The molecule has 1 amide bonds. The molecule has 3 fully saturated rings. The summed E-state index contributed by atoms with van der Waals surface area (Å²) in [6, 6.07) is 6.21. The van der Waals surface area contributed by atoms with Gasteiger partial charge in [0.2, 0.25) is 5.95 Å². The van der Waals surface area contributed by atoms with Crippen LogP contribution in [-0.4, -0.2) is 57.9 Å². The Kier molecular flexibility index (Phi) is 5.72. The van der Waals surface area contributed by atoms with Crippen LogP contribution in [0.15, 0.2) is 30.7 Å². The molecule has 0 radical (unpaired) electrons. The fourth-order valence-electron chi connectivity index (χ4n) is 5.78. The third-order valence-corrected chi connectivity index (χ3v) is 7.93. The van der Waals surface area contributed by atoms with E-state index in [-0.39, 0.29) is 23.5 Å². The molecule has 2 unspecified atom stereocenters. The Morgan fingerprint density at radius 3 is 2.97 bits per heavy atom. The fourth-order valence-corrected chi connectivity index (χ4v) is 5.78. The number of ether oxygens (including phenoxy) is 2. The van der Waals surface area contributed by atoms with Crippen LogP contribution in [0.1, 0.15) is 60.1 Å². The fraction of sp³-hybridized carbons (Fsp3) is 0.500. The number of pyridine rings is 1. The molecule has 3 aromatic heterocycles. The first kappa shape index (κ1) is 22.7. The Morgan fingerprint density at radius 1 is 1.33 bits per heavy atom. The number of nitrogens with zero attached hydrogens (tertiary/aromatic N) is 5. The van der Waals surface area contributed by atoms with Crippen molar-refractivity contribution < 1.29 is 14.3 Å². The zero-order valence-corrected chi connectivity index (χ0v) is 20.2. The first-order valence-electron chi connectivity index (χ1n) is 12.6. The van der Waals surface area contributed by atoms with Crippen molar-refractivity contribution >= 4 is 17.4 Å². The van der Waals surface area contributed by atoms with Crippen molar-refractivity contribution in [1.29, 1.82) is 5.26 Å². The second-order valence-electron chi connectivity index (χ2n) is 10.0. The third kappa shape index (κ3) is 4.03. The number of hydrogen-bond donors (Lipinski definition) is 2. The monoisotopic (exact) mass is 487 g/mol. The van der Waals surface area contributed by atoms with Gasteiger partial charge in [-0.15, -0.1) is 0 Å². The predicted molar refractivity (Wildman–Crippen MR) is 131 cm³/mol. The lowest BCUT2D eigenvalue weighted by atomic mass is 9.90. The zero-order chi connectivity index (χ0) is 24.7. The minimum atomic E-state index is -0.236. The van der Waals surface area contributed by atoms with Crippen molar-refractivity contribution in [3.05, 3.63) is 47.5 Å². The van der Waals surface area contributed by atoms with Gasteiger partial charge in [-0.05, 0) is 62.1 Å². The van der Waals surface area contributed by atoms with Gasteiger partial charge in [0.15, 0.2) is 0 Å². The van der Waals surface area contributed by atoms with Crippen molar-refractivity contribution in [2.75, 3.05) is 25.6 Å². The van der Waals surface area contributed by atoms with Crippen LogP contribution in [0.3, 0.4) is 0 Å². The van der Waals surface area contributed by atoms with Gasteiger partial charge in [-0.2, -0.15) is 10.4 Å². The van der Waals surface area contributed by atoms with Gasteiger partial charge in [0.25, 0.3) is 5.91 Å². The van der Waals surface area contributed by atoms with Gasteiger partial charge in [-0.25, -0.2) is 14.5 Å². The van der Waals surface area contributed by atoms with Gasteiger partial charge in [-0.1, -0.05) is 0 Å². The molecule has 3 aliphatic rings. The Bertz CT molecular complexity index is 1340. The van der Waals surface area contributed by atoms with Crippen molar-refractivity contribution in [1.82, 2.24) is 24.9 Å². The summed E-state index contributed by atoms with van der Waals surface area (Å²) in [4.78, 5) is 20.5. The topological polar surface area (TPSA) is 126 Å². The van der Waals surface area contributed by atoms with E-state index in [1.165, 1.54) is 5.56 Å². The normalized spacial score (nSPS) is 27.1. The number of fused-ring (bicyclic) bond motifs is 2. The first-order valence-corrected chi connectivity index (χ1v) is 12.6. The highest BCUT2D eigenvalue weighted by molar-refractivity contribution is 5.92. The second-order valence-corrected chi connectivity index (χ2v) is 10.0. The van der Waals surface area contributed by atoms with Crippen molar-refractivity contribution in [2.24, 2.45) is 5.92 Å². The van der Waals surface area contributed by atoms with Crippen molar-refractivity contribution in [3.63, 3.8) is 0 Å². The molecule has 3 aromatic rings. The Balaban J connectivity index is 1.17. The summed E-state index contributed by atoms with van der Waals surface area (Å²) in [6.07, 6.45) is 11.0. The summed E-state index contributed by atoms with van der Waals surface area (Å²) < 4.78 is 14.1. The molecule has 0 spiro atoms. The average molecular weight is 488 g/mol. The number of carbonyl (C=O) groups is 1. The maximum absolute atomic E-state index is 11.9. The van der Waals surface area contributed by atoms with E-state index in [4.69, 9.17) is 9.47 Å². The summed E-state index contributed by atoms with van der Waals surface area (Å²) in [7, 11) is 1.58. The van der Waals surface area contributed by atoms with Crippen LogP contribution in [-0.2, 0) is 10.2 Å². The third-order valence-electron chi connectivity index (χ3n) is 7.93. The van der Waals surface area contributed by atoms with Gasteiger partial charge in [0.1, 0.15) is 28.6 Å². The van der Waals surface area contributed by atoms with Crippen LogP contribution in [0.2, 0.25) is 0 Å². The largest absolute Gasteiger partial charge is 0.488 e. The van der Waals surface area contributed by atoms with E-state index >= 15 is 0 Å². The van der Waals surface area contributed by atoms with E-state index < -0.39 is 0 Å². The van der Waals surface area contributed by atoms with Gasteiger partial charge >= 0.3 is 0 Å². The van der Waals surface area contributed by atoms with Crippen LogP contribution >= 0.6 is 0 Å². The number of carbonyl (C=O) groups excluding carboxylic acids is 1. The molecule has 0 bridgehead atoms. The summed E-state index contributed by atoms with van der Waals surface area (Å²) >= 11 is 0. The molecule has 2 atom stereocenters. The highest BCUT2D eigenvalue weighted by Crippen LogP contribution is 2.59. The van der Waals surface area contributed by atoms with Crippen LogP contribution in [0.4, 0.5) is 5.95 Å². The molecule has 4 heterocycles. The Labute approximate surface area is 209 Å². The second kappa shape index (κ2) is 9.06. The summed E-state index contributed by atoms with van der Waals surface area (Å²) in [5.41, 5.74) is 2.98. The van der Waals surface area contributed by atoms with E-state index in [1.807, 2.05) is 4.52 Å². The molecular formula is C26H29N7O3. The van der Waals surface area contributed by atoms with Gasteiger partial charge in [0.05, 0.1) is 18.9 Å². The number of nitrogens with one attached hydrogen (secondary N) is 2. The van der Waals surface area contributed by atoms with Crippen molar-refractivity contribution in [3.8, 4) is 11.8 Å². The SMILES string of the molecule is CNC(=O)c1ccnc(NC2CCC(Oc3cc(C45CCOCC4C5)cn4ncc(C#N)c34)CC2)n1. The lowest BCUT2D eigenvalue weighted by Crippen LogP contribution is -2.32. The van der Waals surface area contributed by atoms with E-state index in [0.29, 0.717) is 23.1 Å². The summed E-state index contributed by atoms with van der Waals surface area (Å²) in [5.74, 6) is 1.52. The minimum Gasteiger partial charge on any atom is -0.488 e. The Morgan fingerprint density at radius 2 is 2.19 bits per heavy atom. The standard InChI is InChI=1S/C26H29N7O3/c1-28-24(34)21-6-8-29-25(32-21)31-19-2-4-20(5-3-19)36-22-10-17(26-7-9-35-15-18(26)11-26)14-33-23(22)16(12-27)13-30-33/h6,8,10,13-14,18-20H,2-5,7,9,11,15H2,1H3,(H,28,34)(H,29,31,32). The smallest absolute Gasteiger partial charge is 0.269 e. The first-order chi connectivity index (χ1) is 17.6. The molecule has 6 rings (SSSR count). The number of amides is 1. The van der Waals surface area contributed by atoms with Gasteiger partial charge < -0.3 is 20.1 Å². The average Bonchev–Trinajstić information content (AvgIpc) is 3.53. The number of hydrogen-bond acceptors (Lipinski definition) is 8. The molecule has 1 saturated heterocycles. The highest BCUT2D eigenvalue weighted by Gasteiger charge is 2.57. The maximum atomic E-state index is 11.9. The maximum Gasteiger partial charge on any atom is 0.269 e. The summed E-state index contributed by atoms with van der Waals surface area (Å²) in [6.45, 7) is 1.59. The van der Waals surface area contributed by atoms with Gasteiger partial charge in [0, 0.05) is 37.5 Å². The molecule has 186 valence electrons. The molecule has 10 heteroatoms. The lowest BCUT2D eigenvalue weighted by molar-refractivity contribution is 0.0800. The van der Waals surface area contributed by atoms with E-state index in [1.54, 1.807) is 25.5 Å². The number of aromatic nitrogens is 4. The molecule has 1 aliphatic heterocycles. The molecule has 2 aliphatic carbocycles. The molecule has 36 heavy (non-hydrogen) atoms. The van der Waals surface area contributed by atoms with Crippen LogP contribution in [0.25, 0.3) is 5.52 Å².